The Labute approximate surface area is 230 Å². The summed E-state index contributed by atoms with van der Waals surface area (Å²) in [5, 5.41) is 13.5. The van der Waals surface area contributed by atoms with Crippen molar-refractivity contribution in [1.29, 1.82) is 0 Å². The Kier molecular flexibility index (Phi) is 9.23. The summed E-state index contributed by atoms with van der Waals surface area (Å²) in [5.41, 5.74) is 12.8. The van der Waals surface area contributed by atoms with E-state index in [1.165, 1.54) is 17.8 Å². The summed E-state index contributed by atoms with van der Waals surface area (Å²) in [6, 6.07) is 6.31. The molecule has 0 spiro atoms. The van der Waals surface area contributed by atoms with Crippen molar-refractivity contribution in [3.05, 3.63) is 36.7 Å². The second kappa shape index (κ2) is 12.5. The van der Waals surface area contributed by atoms with Gasteiger partial charge < -0.3 is 35.3 Å². The van der Waals surface area contributed by atoms with Gasteiger partial charge in [0.2, 0.25) is 11.8 Å². The molecule has 0 aliphatic carbocycles. The molecule has 1 unspecified atom stereocenters. The number of para-hydroxylation sites is 1. The van der Waals surface area contributed by atoms with Crippen LogP contribution in [-0.2, 0) is 23.4 Å². The number of nitrogens with one attached hydrogen (secondary N) is 1. The number of carbonyl (C=O) groups excluding carboxylic acids is 1. The fourth-order valence-electron chi connectivity index (χ4n) is 3.99. The van der Waals surface area contributed by atoms with E-state index in [9.17, 15) is 14.5 Å². The molecule has 40 heavy (non-hydrogen) atoms. The average Bonchev–Trinajstić information content (AvgIpc) is 3.43. The van der Waals surface area contributed by atoms with E-state index < -0.39 is 50.8 Å². The van der Waals surface area contributed by atoms with Gasteiger partial charge >= 0.3 is 13.7 Å². The molecule has 1 aliphatic rings. The third kappa shape index (κ3) is 6.69. The van der Waals surface area contributed by atoms with Crippen LogP contribution in [-0.4, -0.2) is 74.2 Å². The molecule has 6 atom stereocenters. The quantitative estimate of drug-likeness (QED) is 0.177. The minimum absolute atomic E-state index is 0.0418. The van der Waals surface area contributed by atoms with Gasteiger partial charge in [0.1, 0.15) is 24.0 Å². The third-order valence-electron chi connectivity index (χ3n) is 5.82. The number of nitrogens with zero attached hydrogens (tertiary/aromatic N) is 4. The Morgan fingerprint density at radius 2 is 1.98 bits per heavy atom. The number of imidazole rings is 1. The lowest BCUT2D eigenvalue weighted by molar-refractivity contribution is -0.149. The van der Waals surface area contributed by atoms with Crippen molar-refractivity contribution in [3.8, 4) is 11.6 Å². The van der Waals surface area contributed by atoms with Crippen LogP contribution < -0.4 is 25.8 Å². The number of rotatable bonds is 12. The van der Waals surface area contributed by atoms with E-state index in [4.69, 9.17) is 34.7 Å². The number of aromatic nitrogens is 4. The number of esters is 1. The normalized spacial score (nSPS) is 23.2. The molecule has 1 aromatic carbocycles. The molecular weight excluding hydrogens is 545 g/mol. The Morgan fingerprint density at radius 1 is 1.25 bits per heavy atom. The third-order valence-corrected chi connectivity index (χ3v) is 7.46. The lowest BCUT2D eigenvalue weighted by Crippen LogP contribution is -2.41. The molecule has 0 amide bonds. The Bertz CT molecular complexity index is 1360. The molecule has 6 N–H and O–H groups in total. The van der Waals surface area contributed by atoms with Gasteiger partial charge in [-0.2, -0.15) is 15.1 Å². The molecule has 1 fully saturated rings. The van der Waals surface area contributed by atoms with E-state index in [0.717, 1.165) is 0 Å². The number of benzene rings is 1. The van der Waals surface area contributed by atoms with Crippen molar-refractivity contribution in [2.24, 2.45) is 5.73 Å². The van der Waals surface area contributed by atoms with Gasteiger partial charge in [-0.3, -0.25) is 13.9 Å². The highest BCUT2D eigenvalue weighted by molar-refractivity contribution is 7.52. The standard InChI is InChI=1S/C24H34N7O8P/c1-5-35-21-18-20(28-24(26)29-21)31(12-27-18)22-17(25)19(32)16(38-22)11-36-40(34,39-15-9-7-6-8-10-15)30-14(4)23(33)37-13(2)3/h6-10,12-14,16-17,19,22,32H,5,11,25H2,1-4H3,(H,30,34)(H2,26,28,29)/t14-,16+,17+,19+,22+,40?/m0/s1. The molecule has 1 saturated heterocycles. The molecular formula is C24H34N7O8P. The molecule has 3 heterocycles. The van der Waals surface area contributed by atoms with Crippen molar-refractivity contribution in [2.75, 3.05) is 18.9 Å². The SMILES string of the molecule is CCOc1nc(N)nc2c1ncn2[C@@H]1O[C@H](COP(=O)(N[C@@H](C)C(=O)OC(C)C)Oc2ccccc2)[C@@H](O)[C@H]1N. The van der Waals surface area contributed by atoms with Crippen LogP contribution in [0.1, 0.15) is 33.9 Å². The summed E-state index contributed by atoms with van der Waals surface area (Å²) in [7, 11) is -4.19. The van der Waals surface area contributed by atoms with Crippen LogP contribution in [0.25, 0.3) is 11.2 Å². The number of nitrogen functional groups attached to an aromatic ring is 1. The van der Waals surface area contributed by atoms with Crippen molar-refractivity contribution in [3.63, 3.8) is 0 Å². The number of nitrogens with two attached hydrogens (primary N) is 2. The first-order chi connectivity index (χ1) is 19.0. The monoisotopic (exact) mass is 579 g/mol. The predicted molar refractivity (Wildman–Crippen MR) is 143 cm³/mol. The minimum Gasteiger partial charge on any atom is -0.476 e. The van der Waals surface area contributed by atoms with Gasteiger partial charge in [-0.25, -0.2) is 9.55 Å². The number of carbonyl (C=O) groups is 1. The molecule has 0 saturated carbocycles. The van der Waals surface area contributed by atoms with E-state index in [2.05, 4.69) is 20.0 Å². The van der Waals surface area contributed by atoms with E-state index in [-0.39, 0.29) is 23.7 Å². The molecule has 0 radical (unpaired) electrons. The molecule has 1 aliphatic heterocycles. The zero-order valence-electron chi connectivity index (χ0n) is 22.5. The number of aliphatic hydroxyl groups is 1. The number of fused-ring (bicyclic) bond motifs is 1. The van der Waals surface area contributed by atoms with Gasteiger partial charge in [-0.15, -0.1) is 0 Å². The Morgan fingerprint density at radius 3 is 2.65 bits per heavy atom. The topological polar surface area (TPSA) is 208 Å². The van der Waals surface area contributed by atoms with Crippen LogP contribution in [0, 0.1) is 0 Å². The fourth-order valence-corrected chi connectivity index (χ4v) is 5.49. The fraction of sp³-hybridized carbons (Fsp3) is 0.500. The van der Waals surface area contributed by atoms with E-state index in [1.54, 1.807) is 51.1 Å². The number of hydrogen-bond acceptors (Lipinski definition) is 13. The lowest BCUT2D eigenvalue weighted by atomic mass is 10.1. The smallest absolute Gasteiger partial charge is 0.459 e. The maximum Gasteiger partial charge on any atom is 0.459 e. The highest BCUT2D eigenvalue weighted by Crippen LogP contribution is 2.46. The van der Waals surface area contributed by atoms with Gasteiger partial charge in [-0.1, -0.05) is 18.2 Å². The lowest BCUT2D eigenvalue weighted by Gasteiger charge is -2.25. The Hall–Kier alpha value is -3.33. The first-order valence-corrected chi connectivity index (χ1v) is 14.2. The second-order valence-electron chi connectivity index (χ2n) is 9.31. The average molecular weight is 580 g/mol. The highest BCUT2D eigenvalue weighted by atomic mass is 31.2. The van der Waals surface area contributed by atoms with Crippen LogP contribution in [0.4, 0.5) is 5.95 Å². The zero-order valence-corrected chi connectivity index (χ0v) is 23.4. The number of aliphatic hydroxyl groups excluding tert-OH is 1. The first kappa shape index (κ1) is 29.6. The predicted octanol–water partition coefficient (Wildman–Crippen LogP) is 1.53. The summed E-state index contributed by atoms with van der Waals surface area (Å²) < 4.78 is 43.3. The molecule has 4 rings (SSSR count). The number of hydrogen-bond donors (Lipinski definition) is 4. The van der Waals surface area contributed by atoms with Gasteiger partial charge in [0, 0.05) is 0 Å². The van der Waals surface area contributed by atoms with E-state index in [0.29, 0.717) is 17.8 Å². The van der Waals surface area contributed by atoms with Crippen molar-refractivity contribution in [1.82, 2.24) is 24.6 Å². The van der Waals surface area contributed by atoms with Crippen LogP contribution >= 0.6 is 7.75 Å². The van der Waals surface area contributed by atoms with Crippen LogP contribution in [0.2, 0.25) is 0 Å². The zero-order chi connectivity index (χ0) is 29.0. The van der Waals surface area contributed by atoms with Crippen molar-refractivity contribution < 1.29 is 37.7 Å². The van der Waals surface area contributed by atoms with Gasteiger partial charge in [0.15, 0.2) is 17.4 Å². The highest BCUT2D eigenvalue weighted by Gasteiger charge is 2.45. The van der Waals surface area contributed by atoms with Gasteiger partial charge in [0.05, 0.1) is 31.7 Å². The molecule has 218 valence electrons. The number of ether oxygens (including phenoxy) is 3. The summed E-state index contributed by atoms with van der Waals surface area (Å²) in [6.07, 6.45) is -2.15. The maximum atomic E-state index is 13.8. The molecule has 3 aromatic rings. The molecule has 0 bridgehead atoms. The van der Waals surface area contributed by atoms with Crippen LogP contribution in [0.5, 0.6) is 11.6 Å². The van der Waals surface area contributed by atoms with Gasteiger partial charge in [-0.05, 0) is 39.8 Å². The second-order valence-corrected chi connectivity index (χ2v) is 11.0. The summed E-state index contributed by atoms with van der Waals surface area (Å²) in [4.78, 5) is 25.0. The largest absolute Gasteiger partial charge is 0.476 e. The Balaban J connectivity index is 1.52. The van der Waals surface area contributed by atoms with Crippen LogP contribution in [0.15, 0.2) is 36.7 Å². The molecule has 15 nitrogen and oxygen atoms in total. The molecule has 16 heteroatoms. The minimum atomic E-state index is -4.19. The van der Waals surface area contributed by atoms with E-state index in [1.807, 2.05) is 0 Å². The summed E-state index contributed by atoms with van der Waals surface area (Å²) in [5.74, 6) is -0.252. The maximum absolute atomic E-state index is 13.8. The first-order valence-electron chi connectivity index (χ1n) is 12.7. The van der Waals surface area contributed by atoms with E-state index >= 15 is 0 Å². The number of anilines is 1. The summed E-state index contributed by atoms with van der Waals surface area (Å²) in [6.45, 7) is 6.59. The summed E-state index contributed by atoms with van der Waals surface area (Å²) >= 11 is 0. The van der Waals surface area contributed by atoms with Crippen molar-refractivity contribution >= 4 is 30.8 Å². The van der Waals surface area contributed by atoms with Gasteiger partial charge in [0.25, 0.3) is 0 Å². The molecule has 2 aromatic heterocycles. The van der Waals surface area contributed by atoms with Crippen LogP contribution in [0.3, 0.4) is 0 Å². The van der Waals surface area contributed by atoms with Crippen molar-refractivity contribution in [2.45, 2.75) is 64.3 Å².